The van der Waals surface area contributed by atoms with Crippen LogP contribution in [-0.4, -0.2) is 17.6 Å². The van der Waals surface area contributed by atoms with Gasteiger partial charge in [0.05, 0.1) is 12.7 Å². The van der Waals surface area contributed by atoms with Gasteiger partial charge in [-0.15, -0.1) is 0 Å². The number of alkyl halides is 3. The van der Waals surface area contributed by atoms with Gasteiger partial charge in [-0.3, -0.25) is 0 Å². The third-order valence-electron chi connectivity index (χ3n) is 2.95. The normalized spacial score (nSPS) is 11.4. The predicted octanol–water partition coefficient (Wildman–Crippen LogP) is 3.50. The molecule has 0 saturated heterocycles. The van der Waals surface area contributed by atoms with Gasteiger partial charge in [-0.05, 0) is 23.8 Å². The summed E-state index contributed by atoms with van der Waals surface area (Å²) in [5.74, 6) is -0.593. The summed E-state index contributed by atoms with van der Waals surface area (Å²) in [4.78, 5) is 11.7. The van der Waals surface area contributed by atoms with Crippen molar-refractivity contribution in [1.82, 2.24) is 4.57 Å². The van der Waals surface area contributed by atoms with Crippen LogP contribution in [0.15, 0.2) is 36.5 Å². The van der Waals surface area contributed by atoms with Crippen molar-refractivity contribution >= 4 is 5.97 Å². The fourth-order valence-electron chi connectivity index (χ4n) is 1.98. The molecular formula is C14H12F3NO2. The molecular weight excluding hydrogens is 271 g/mol. The van der Waals surface area contributed by atoms with Gasteiger partial charge in [-0.1, -0.05) is 12.1 Å². The zero-order valence-corrected chi connectivity index (χ0v) is 10.9. The van der Waals surface area contributed by atoms with Crippen molar-refractivity contribution in [2.45, 2.75) is 6.18 Å². The van der Waals surface area contributed by atoms with E-state index < -0.39 is 17.7 Å². The Balaban J connectivity index is 2.56. The molecule has 20 heavy (non-hydrogen) atoms. The fraction of sp³-hybridized carbons (Fsp3) is 0.214. The van der Waals surface area contributed by atoms with Crippen LogP contribution in [0.3, 0.4) is 0 Å². The van der Waals surface area contributed by atoms with Crippen LogP contribution in [0.25, 0.3) is 11.1 Å². The van der Waals surface area contributed by atoms with Gasteiger partial charge in [-0.2, -0.15) is 13.2 Å². The summed E-state index contributed by atoms with van der Waals surface area (Å²) in [6.07, 6.45) is -2.82. The highest BCUT2D eigenvalue weighted by atomic mass is 19.4. The molecule has 0 aliphatic rings. The molecule has 0 radical (unpaired) electrons. The number of benzene rings is 1. The number of carbonyl (C=O) groups excluding carboxylic acids is 1. The summed E-state index contributed by atoms with van der Waals surface area (Å²) in [7, 11) is 2.86. The molecule has 0 saturated carbocycles. The van der Waals surface area contributed by atoms with Gasteiger partial charge in [0.15, 0.2) is 0 Å². The predicted molar refractivity (Wildman–Crippen MR) is 67.2 cm³/mol. The molecule has 0 spiro atoms. The number of ether oxygens (including phenoxy) is 1. The number of carbonyl (C=O) groups is 1. The van der Waals surface area contributed by atoms with Crippen molar-refractivity contribution in [2.75, 3.05) is 7.11 Å². The van der Waals surface area contributed by atoms with E-state index in [-0.39, 0.29) is 5.69 Å². The van der Waals surface area contributed by atoms with E-state index in [1.807, 2.05) is 0 Å². The standard InChI is InChI=1S/C14H12F3NO2/c1-18-7-6-11(12(18)13(19)20-2)9-4-3-5-10(8-9)14(15,16)17/h3-8H,1-2H3. The van der Waals surface area contributed by atoms with E-state index in [2.05, 4.69) is 4.74 Å². The molecule has 1 aromatic heterocycles. The van der Waals surface area contributed by atoms with Crippen molar-refractivity contribution in [1.29, 1.82) is 0 Å². The lowest BCUT2D eigenvalue weighted by Crippen LogP contribution is -2.09. The van der Waals surface area contributed by atoms with E-state index in [4.69, 9.17) is 0 Å². The maximum absolute atomic E-state index is 12.7. The van der Waals surface area contributed by atoms with E-state index in [1.165, 1.54) is 23.8 Å². The van der Waals surface area contributed by atoms with Crippen LogP contribution in [0, 0.1) is 0 Å². The zero-order chi connectivity index (χ0) is 14.9. The fourth-order valence-corrected chi connectivity index (χ4v) is 1.98. The minimum atomic E-state index is -4.42. The lowest BCUT2D eigenvalue weighted by atomic mass is 10.0. The van der Waals surface area contributed by atoms with E-state index in [0.717, 1.165) is 12.1 Å². The third-order valence-corrected chi connectivity index (χ3v) is 2.95. The first-order valence-electron chi connectivity index (χ1n) is 5.76. The average molecular weight is 283 g/mol. The van der Waals surface area contributed by atoms with Crippen molar-refractivity contribution in [3.63, 3.8) is 0 Å². The molecule has 2 aromatic rings. The highest BCUT2D eigenvalue weighted by Gasteiger charge is 2.31. The van der Waals surface area contributed by atoms with Gasteiger partial charge in [-0.25, -0.2) is 4.79 Å². The summed E-state index contributed by atoms with van der Waals surface area (Å²) >= 11 is 0. The second kappa shape index (κ2) is 5.03. The first-order valence-corrected chi connectivity index (χ1v) is 5.76. The Morgan fingerprint density at radius 3 is 2.55 bits per heavy atom. The van der Waals surface area contributed by atoms with E-state index in [0.29, 0.717) is 11.1 Å². The van der Waals surface area contributed by atoms with Crippen molar-refractivity contribution in [3.8, 4) is 11.1 Å². The number of hydrogen-bond donors (Lipinski definition) is 0. The quantitative estimate of drug-likeness (QED) is 0.790. The average Bonchev–Trinajstić information content (AvgIpc) is 2.79. The minimum absolute atomic E-state index is 0.215. The Morgan fingerprint density at radius 1 is 1.25 bits per heavy atom. The Hall–Kier alpha value is -2.24. The molecule has 0 N–H and O–H groups in total. The lowest BCUT2D eigenvalue weighted by molar-refractivity contribution is -0.137. The van der Waals surface area contributed by atoms with Gasteiger partial charge in [0.1, 0.15) is 5.69 Å². The molecule has 0 bridgehead atoms. The minimum Gasteiger partial charge on any atom is -0.464 e. The van der Waals surface area contributed by atoms with Crippen LogP contribution in [-0.2, 0) is 18.0 Å². The van der Waals surface area contributed by atoms with Crippen molar-refractivity contribution in [3.05, 3.63) is 47.8 Å². The van der Waals surface area contributed by atoms with Gasteiger partial charge in [0.2, 0.25) is 0 Å². The van der Waals surface area contributed by atoms with Crippen LogP contribution in [0.5, 0.6) is 0 Å². The zero-order valence-electron chi connectivity index (χ0n) is 10.9. The number of nitrogens with zero attached hydrogens (tertiary/aromatic N) is 1. The summed E-state index contributed by atoms with van der Waals surface area (Å²) in [6, 6.07) is 6.43. The summed E-state index contributed by atoms with van der Waals surface area (Å²) in [5.41, 5.74) is 0.188. The smallest absolute Gasteiger partial charge is 0.416 e. The number of aryl methyl sites for hydroxylation is 1. The third kappa shape index (κ3) is 2.54. The molecule has 6 heteroatoms. The Kier molecular flexibility index (Phi) is 3.57. The van der Waals surface area contributed by atoms with E-state index in [1.54, 1.807) is 19.3 Å². The summed E-state index contributed by atoms with van der Waals surface area (Å²) in [5, 5.41) is 0. The van der Waals surface area contributed by atoms with E-state index >= 15 is 0 Å². The van der Waals surface area contributed by atoms with Crippen LogP contribution in [0.2, 0.25) is 0 Å². The molecule has 1 heterocycles. The number of halogens is 3. The Morgan fingerprint density at radius 2 is 1.95 bits per heavy atom. The van der Waals surface area contributed by atoms with Gasteiger partial charge in [0.25, 0.3) is 0 Å². The molecule has 0 fully saturated rings. The second-order valence-electron chi connectivity index (χ2n) is 4.26. The molecule has 0 aliphatic heterocycles. The molecule has 0 atom stereocenters. The van der Waals surface area contributed by atoms with Crippen LogP contribution in [0.1, 0.15) is 16.1 Å². The number of hydrogen-bond acceptors (Lipinski definition) is 2. The maximum atomic E-state index is 12.7. The van der Waals surface area contributed by atoms with E-state index in [9.17, 15) is 18.0 Å². The molecule has 0 amide bonds. The van der Waals surface area contributed by atoms with Crippen LogP contribution < -0.4 is 0 Å². The second-order valence-corrected chi connectivity index (χ2v) is 4.26. The Labute approximate surface area is 113 Å². The number of aromatic nitrogens is 1. The Bertz CT molecular complexity index is 644. The molecule has 1 aromatic carbocycles. The summed E-state index contributed by atoms with van der Waals surface area (Å²) in [6.45, 7) is 0. The highest BCUT2D eigenvalue weighted by molar-refractivity contribution is 5.95. The van der Waals surface area contributed by atoms with Gasteiger partial charge in [0, 0.05) is 18.8 Å². The van der Waals surface area contributed by atoms with Crippen LogP contribution >= 0.6 is 0 Å². The monoisotopic (exact) mass is 283 g/mol. The van der Waals surface area contributed by atoms with Gasteiger partial charge >= 0.3 is 12.1 Å². The number of rotatable bonds is 2. The highest BCUT2D eigenvalue weighted by Crippen LogP contribution is 2.33. The molecule has 106 valence electrons. The largest absolute Gasteiger partial charge is 0.464 e. The lowest BCUT2D eigenvalue weighted by Gasteiger charge is -2.09. The molecule has 3 nitrogen and oxygen atoms in total. The number of methoxy groups -OCH3 is 1. The first kappa shape index (κ1) is 14.2. The molecule has 0 aliphatic carbocycles. The maximum Gasteiger partial charge on any atom is 0.416 e. The van der Waals surface area contributed by atoms with Gasteiger partial charge < -0.3 is 9.30 Å². The van der Waals surface area contributed by atoms with Crippen molar-refractivity contribution < 1.29 is 22.7 Å². The molecule has 0 unspecified atom stereocenters. The SMILES string of the molecule is COC(=O)c1c(-c2cccc(C(F)(F)F)c2)ccn1C. The van der Waals surface area contributed by atoms with Crippen molar-refractivity contribution in [2.24, 2.45) is 7.05 Å². The summed E-state index contributed by atoms with van der Waals surface area (Å²) < 4.78 is 44.3. The first-order chi connectivity index (χ1) is 9.34. The number of esters is 1. The topological polar surface area (TPSA) is 31.2 Å². The van der Waals surface area contributed by atoms with Crippen LogP contribution in [0.4, 0.5) is 13.2 Å². The molecule has 2 rings (SSSR count).